The molecule has 1 heterocycles. The van der Waals surface area contributed by atoms with Gasteiger partial charge in [-0.25, -0.2) is 0 Å². The molecule has 0 aromatic heterocycles. The second-order valence-corrected chi connectivity index (χ2v) is 5.16. The van der Waals surface area contributed by atoms with Crippen molar-refractivity contribution < 1.29 is 9.84 Å². The Labute approximate surface area is 92.7 Å². The molecule has 0 radical (unpaired) electrons. The van der Waals surface area contributed by atoms with Crippen LogP contribution in [0.4, 0.5) is 0 Å². The Hall–Kier alpha value is -0.380. The third kappa shape index (κ3) is 4.33. The smallest absolute Gasteiger partial charge is 0.0940 e. The van der Waals surface area contributed by atoms with Gasteiger partial charge >= 0.3 is 0 Å². The average Bonchev–Trinajstić information content (AvgIpc) is 2.12. The van der Waals surface area contributed by atoms with Crippen LogP contribution >= 0.6 is 0 Å². The van der Waals surface area contributed by atoms with E-state index in [4.69, 9.17) is 9.84 Å². The minimum absolute atomic E-state index is 0.0423. The first-order valence-corrected chi connectivity index (χ1v) is 5.57. The molecule has 15 heavy (non-hydrogen) atoms. The topological polar surface area (TPSA) is 32.7 Å². The predicted octanol–water partition coefficient (Wildman–Crippen LogP) is 1.42. The fourth-order valence-corrected chi connectivity index (χ4v) is 1.96. The van der Waals surface area contributed by atoms with Crippen LogP contribution in [-0.2, 0) is 4.74 Å². The minimum atomic E-state index is -0.152. The lowest BCUT2D eigenvalue weighted by Gasteiger charge is -2.42. The molecule has 1 saturated heterocycles. The second-order valence-electron chi connectivity index (χ2n) is 5.16. The number of hydrogen-bond acceptors (Lipinski definition) is 3. The normalized spacial score (nSPS) is 26.3. The molecule has 1 aliphatic rings. The van der Waals surface area contributed by atoms with Crippen molar-refractivity contribution >= 4 is 0 Å². The summed E-state index contributed by atoms with van der Waals surface area (Å²) in [6.07, 6.45) is 2.18. The third-order valence-electron chi connectivity index (χ3n) is 2.51. The summed E-state index contributed by atoms with van der Waals surface area (Å²) < 4.78 is 5.75. The summed E-state index contributed by atoms with van der Waals surface area (Å²) in [5, 5.41) is 9.15. The van der Waals surface area contributed by atoms with E-state index in [0.717, 1.165) is 19.6 Å². The molecule has 1 fully saturated rings. The van der Waals surface area contributed by atoms with Crippen LogP contribution in [-0.4, -0.2) is 48.0 Å². The monoisotopic (exact) mass is 213 g/mol. The Morgan fingerprint density at radius 1 is 1.53 bits per heavy atom. The maximum Gasteiger partial charge on any atom is 0.0940 e. The van der Waals surface area contributed by atoms with Crippen molar-refractivity contribution in [3.8, 4) is 0 Å². The fourth-order valence-electron chi connectivity index (χ4n) is 1.96. The number of aliphatic hydroxyl groups is 1. The summed E-state index contributed by atoms with van der Waals surface area (Å²) in [5.41, 5.74) is 1.18. The van der Waals surface area contributed by atoms with Crippen LogP contribution in [0.15, 0.2) is 11.6 Å². The zero-order valence-corrected chi connectivity index (χ0v) is 10.3. The standard InChI is InChI=1S/C12H23NO2/c1-10(2)5-6-13-7-11(8-14)15-12(3,4)9-13/h5,11,14H,6-9H2,1-4H3. The fraction of sp³-hybridized carbons (Fsp3) is 0.833. The maximum atomic E-state index is 9.15. The Kier molecular flexibility index (Phi) is 4.32. The number of aliphatic hydroxyl groups excluding tert-OH is 1. The predicted molar refractivity (Wildman–Crippen MR) is 61.9 cm³/mol. The molecule has 1 unspecified atom stereocenters. The van der Waals surface area contributed by atoms with Gasteiger partial charge in [-0.15, -0.1) is 0 Å². The number of morpholine rings is 1. The summed E-state index contributed by atoms with van der Waals surface area (Å²) in [4.78, 5) is 2.33. The van der Waals surface area contributed by atoms with Crippen LogP contribution in [0.3, 0.4) is 0 Å². The Bertz CT molecular complexity index is 232. The van der Waals surface area contributed by atoms with Gasteiger partial charge in [0, 0.05) is 19.6 Å². The van der Waals surface area contributed by atoms with E-state index in [1.165, 1.54) is 5.57 Å². The molecule has 1 atom stereocenters. The molecule has 1 N–H and O–H groups in total. The lowest BCUT2D eigenvalue weighted by Crippen LogP contribution is -2.53. The number of hydrogen-bond donors (Lipinski definition) is 1. The number of allylic oxidation sites excluding steroid dienone is 1. The zero-order valence-electron chi connectivity index (χ0n) is 10.3. The first-order valence-electron chi connectivity index (χ1n) is 5.57. The van der Waals surface area contributed by atoms with Gasteiger partial charge in [-0.3, -0.25) is 4.90 Å². The Balaban J connectivity index is 2.54. The Morgan fingerprint density at radius 3 is 2.73 bits per heavy atom. The van der Waals surface area contributed by atoms with Crippen molar-refractivity contribution in [2.24, 2.45) is 0 Å². The van der Waals surface area contributed by atoms with Crippen LogP contribution in [0, 0.1) is 0 Å². The number of nitrogens with zero attached hydrogens (tertiary/aromatic N) is 1. The van der Waals surface area contributed by atoms with Crippen LogP contribution in [0.2, 0.25) is 0 Å². The molecule has 3 nitrogen and oxygen atoms in total. The molecule has 88 valence electrons. The van der Waals surface area contributed by atoms with Gasteiger partial charge in [-0.1, -0.05) is 11.6 Å². The van der Waals surface area contributed by atoms with Crippen molar-refractivity contribution in [2.45, 2.75) is 39.4 Å². The minimum Gasteiger partial charge on any atom is -0.394 e. The number of ether oxygens (including phenoxy) is 1. The van der Waals surface area contributed by atoms with Crippen LogP contribution < -0.4 is 0 Å². The lowest BCUT2D eigenvalue weighted by molar-refractivity contribution is -0.146. The first kappa shape index (κ1) is 12.7. The molecule has 0 saturated carbocycles. The van der Waals surface area contributed by atoms with Gasteiger partial charge in [0.25, 0.3) is 0 Å². The molecule has 0 spiro atoms. The summed E-state index contributed by atoms with van der Waals surface area (Å²) in [6, 6.07) is 0. The van der Waals surface area contributed by atoms with Crippen molar-refractivity contribution in [3.05, 3.63) is 11.6 Å². The highest BCUT2D eigenvalue weighted by molar-refractivity contribution is 4.96. The number of rotatable bonds is 3. The van der Waals surface area contributed by atoms with Crippen molar-refractivity contribution in [2.75, 3.05) is 26.2 Å². The van der Waals surface area contributed by atoms with Gasteiger partial charge in [-0.2, -0.15) is 0 Å². The van der Waals surface area contributed by atoms with E-state index < -0.39 is 0 Å². The maximum absolute atomic E-state index is 9.15. The molecule has 0 amide bonds. The van der Waals surface area contributed by atoms with Crippen molar-refractivity contribution in [1.29, 1.82) is 0 Å². The quantitative estimate of drug-likeness (QED) is 0.720. The highest BCUT2D eigenvalue weighted by atomic mass is 16.5. The molecular weight excluding hydrogens is 190 g/mol. The molecular formula is C12H23NO2. The SMILES string of the molecule is CC(C)=CCN1CC(CO)OC(C)(C)C1. The zero-order chi connectivity index (χ0) is 11.5. The van der Waals surface area contributed by atoms with E-state index in [-0.39, 0.29) is 18.3 Å². The van der Waals surface area contributed by atoms with Crippen molar-refractivity contribution in [1.82, 2.24) is 4.90 Å². The van der Waals surface area contributed by atoms with E-state index in [2.05, 4.69) is 38.7 Å². The molecule has 1 rings (SSSR count). The molecule has 0 aliphatic carbocycles. The van der Waals surface area contributed by atoms with Gasteiger partial charge < -0.3 is 9.84 Å². The molecule has 0 aromatic carbocycles. The highest BCUT2D eigenvalue weighted by Gasteiger charge is 2.32. The highest BCUT2D eigenvalue weighted by Crippen LogP contribution is 2.20. The second kappa shape index (κ2) is 5.10. The summed E-state index contributed by atoms with van der Waals surface area (Å²) in [6.45, 7) is 11.2. The van der Waals surface area contributed by atoms with E-state index in [1.54, 1.807) is 0 Å². The van der Waals surface area contributed by atoms with Gasteiger partial charge in [-0.05, 0) is 27.7 Å². The lowest BCUT2D eigenvalue weighted by atomic mass is 10.1. The summed E-state index contributed by atoms with van der Waals surface area (Å²) in [7, 11) is 0. The van der Waals surface area contributed by atoms with Crippen LogP contribution in [0.25, 0.3) is 0 Å². The molecule has 0 bridgehead atoms. The van der Waals surface area contributed by atoms with Crippen LogP contribution in [0.1, 0.15) is 27.7 Å². The van der Waals surface area contributed by atoms with Gasteiger partial charge in [0.1, 0.15) is 0 Å². The van der Waals surface area contributed by atoms with Gasteiger partial charge in [0.05, 0.1) is 18.3 Å². The largest absolute Gasteiger partial charge is 0.394 e. The first-order chi connectivity index (χ1) is 6.93. The van der Waals surface area contributed by atoms with E-state index >= 15 is 0 Å². The Morgan fingerprint density at radius 2 is 2.20 bits per heavy atom. The summed E-state index contributed by atoms with van der Waals surface area (Å²) >= 11 is 0. The van der Waals surface area contributed by atoms with E-state index in [0.29, 0.717) is 0 Å². The van der Waals surface area contributed by atoms with E-state index in [9.17, 15) is 0 Å². The molecule has 3 heteroatoms. The van der Waals surface area contributed by atoms with Gasteiger partial charge in [0.2, 0.25) is 0 Å². The molecule has 1 aliphatic heterocycles. The summed E-state index contributed by atoms with van der Waals surface area (Å²) in [5.74, 6) is 0. The van der Waals surface area contributed by atoms with E-state index in [1.807, 2.05) is 0 Å². The van der Waals surface area contributed by atoms with Gasteiger partial charge in [0.15, 0.2) is 0 Å². The molecule has 0 aromatic rings. The van der Waals surface area contributed by atoms with Crippen LogP contribution in [0.5, 0.6) is 0 Å². The third-order valence-corrected chi connectivity index (χ3v) is 2.51. The average molecular weight is 213 g/mol. The van der Waals surface area contributed by atoms with Crippen molar-refractivity contribution in [3.63, 3.8) is 0 Å².